The van der Waals surface area contributed by atoms with Crippen LogP contribution in [0.2, 0.25) is 0 Å². The van der Waals surface area contributed by atoms with Crippen LogP contribution in [0, 0.1) is 0 Å². The highest BCUT2D eigenvalue weighted by Crippen LogP contribution is 2.23. The maximum Gasteiger partial charge on any atom is 0.331 e. The lowest BCUT2D eigenvalue weighted by Crippen LogP contribution is -2.61. The summed E-state index contributed by atoms with van der Waals surface area (Å²) in [4.78, 5) is 38.4. The number of piperazine rings is 1. The Kier molecular flexibility index (Phi) is 4.42. The molecule has 2 saturated heterocycles. The zero-order chi connectivity index (χ0) is 14.7. The molecule has 0 aliphatic carbocycles. The fraction of sp³-hybridized carbons (Fsp3) is 0.643. The predicted octanol–water partition coefficient (Wildman–Crippen LogP) is 0.631. The Bertz CT molecular complexity index is 458. The van der Waals surface area contributed by atoms with Crippen LogP contribution in [0.25, 0.3) is 0 Å². The van der Waals surface area contributed by atoms with Crippen molar-refractivity contribution in [3.05, 3.63) is 11.6 Å². The number of carboxylic acids is 1. The van der Waals surface area contributed by atoms with Gasteiger partial charge in [0.25, 0.3) is 0 Å². The Morgan fingerprint density at radius 1 is 1.40 bits per heavy atom. The number of nitrogens with zero attached hydrogens (tertiary/aromatic N) is 2. The smallest absolute Gasteiger partial charge is 0.331 e. The summed E-state index contributed by atoms with van der Waals surface area (Å²) in [5.41, 5.74) is 0.274. The maximum atomic E-state index is 12.3. The number of carbonyl (C=O) groups is 3. The maximum absolute atomic E-state index is 12.3. The Balaban J connectivity index is 2.07. The summed E-state index contributed by atoms with van der Waals surface area (Å²) in [5.74, 6) is -1.06. The van der Waals surface area contributed by atoms with Crippen LogP contribution in [0.5, 0.6) is 0 Å². The highest BCUT2D eigenvalue weighted by Gasteiger charge is 2.39. The average molecular weight is 280 g/mol. The van der Waals surface area contributed by atoms with E-state index in [0.29, 0.717) is 19.4 Å². The van der Waals surface area contributed by atoms with E-state index in [0.717, 1.165) is 12.8 Å². The molecule has 2 aliphatic heterocycles. The second kappa shape index (κ2) is 6.07. The van der Waals surface area contributed by atoms with E-state index in [2.05, 4.69) is 0 Å². The Morgan fingerprint density at radius 2 is 2.15 bits per heavy atom. The third kappa shape index (κ3) is 2.84. The number of carboxylic acid groups (broad SMARTS) is 1. The van der Waals surface area contributed by atoms with Crippen LogP contribution in [0.3, 0.4) is 0 Å². The third-order valence-corrected chi connectivity index (χ3v) is 3.96. The zero-order valence-electron chi connectivity index (χ0n) is 11.7. The summed E-state index contributed by atoms with van der Waals surface area (Å²) >= 11 is 0. The third-order valence-electron chi connectivity index (χ3n) is 3.96. The van der Waals surface area contributed by atoms with Crippen molar-refractivity contribution in [3.8, 4) is 0 Å². The van der Waals surface area contributed by atoms with E-state index in [-0.39, 0.29) is 36.5 Å². The van der Waals surface area contributed by atoms with Crippen molar-refractivity contribution in [2.24, 2.45) is 0 Å². The van der Waals surface area contributed by atoms with Gasteiger partial charge in [-0.1, -0.05) is 13.0 Å². The van der Waals surface area contributed by atoms with Crippen molar-refractivity contribution in [2.45, 2.75) is 38.6 Å². The van der Waals surface area contributed by atoms with Gasteiger partial charge in [-0.15, -0.1) is 0 Å². The molecule has 0 bridgehead atoms. The molecule has 1 N–H and O–H groups in total. The van der Waals surface area contributed by atoms with E-state index >= 15 is 0 Å². The largest absolute Gasteiger partial charge is 0.478 e. The monoisotopic (exact) mass is 280 g/mol. The minimum absolute atomic E-state index is 0.0314. The molecule has 2 aliphatic rings. The molecule has 0 spiro atoms. The van der Waals surface area contributed by atoms with Gasteiger partial charge in [-0.25, -0.2) is 4.79 Å². The van der Waals surface area contributed by atoms with E-state index in [1.807, 2.05) is 0 Å². The summed E-state index contributed by atoms with van der Waals surface area (Å²) in [6.07, 6.45) is 4.56. The first-order chi connectivity index (χ1) is 9.54. The normalized spacial score (nSPS) is 23.9. The van der Waals surface area contributed by atoms with Gasteiger partial charge in [0.05, 0.1) is 0 Å². The van der Waals surface area contributed by atoms with Gasteiger partial charge in [-0.05, 0) is 25.7 Å². The van der Waals surface area contributed by atoms with Crippen molar-refractivity contribution < 1.29 is 19.5 Å². The van der Waals surface area contributed by atoms with Crippen LogP contribution < -0.4 is 0 Å². The molecule has 2 amide bonds. The first-order valence-corrected chi connectivity index (χ1v) is 7.05. The van der Waals surface area contributed by atoms with E-state index in [4.69, 9.17) is 5.11 Å². The molecule has 0 radical (unpaired) electrons. The SMILES string of the molecule is CCC(=CCN1CC(=O)N2CCCCC2C1=O)C(=O)O. The lowest BCUT2D eigenvalue weighted by Gasteiger charge is -2.42. The standard InChI is InChI=1S/C14H20N2O4/c1-2-10(14(19)20)6-8-15-9-12(17)16-7-4-3-5-11(16)13(15)18/h6,11H,2-5,7-9H2,1H3,(H,19,20). The molecule has 1 unspecified atom stereocenters. The minimum Gasteiger partial charge on any atom is -0.478 e. The molecule has 0 saturated carbocycles. The molecular formula is C14H20N2O4. The van der Waals surface area contributed by atoms with Gasteiger partial charge in [0.2, 0.25) is 11.8 Å². The number of piperidine rings is 1. The predicted molar refractivity (Wildman–Crippen MR) is 71.9 cm³/mol. The topological polar surface area (TPSA) is 77.9 Å². The van der Waals surface area contributed by atoms with Crippen LogP contribution in [0.4, 0.5) is 0 Å². The highest BCUT2D eigenvalue weighted by molar-refractivity contribution is 5.95. The second-order valence-electron chi connectivity index (χ2n) is 5.21. The quantitative estimate of drug-likeness (QED) is 0.766. The lowest BCUT2D eigenvalue weighted by atomic mass is 9.98. The van der Waals surface area contributed by atoms with Gasteiger partial charge in [-0.2, -0.15) is 0 Å². The molecule has 1 atom stereocenters. The minimum atomic E-state index is -0.970. The number of hydrogen-bond acceptors (Lipinski definition) is 3. The summed E-state index contributed by atoms with van der Waals surface area (Å²) in [7, 11) is 0. The van der Waals surface area contributed by atoms with Crippen molar-refractivity contribution in [3.63, 3.8) is 0 Å². The number of fused-ring (bicyclic) bond motifs is 1. The van der Waals surface area contributed by atoms with Gasteiger partial charge in [0.15, 0.2) is 0 Å². The van der Waals surface area contributed by atoms with Gasteiger partial charge < -0.3 is 14.9 Å². The van der Waals surface area contributed by atoms with Gasteiger partial charge >= 0.3 is 5.97 Å². The van der Waals surface area contributed by atoms with Crippen molar-refractivity contribution in [2.75, 3.05) is 19.6 Å². The number of hydrogen-bond donors (Lipinski definition) is 1. The second-order valence-corrected chi connectivity index (χ2v) is 5.21. The average Bonchev–Trinajstić information content (AvgIpc) is 2.44. The van der Waals surface area contributed by atoms with Crippen LogP contribution in [-0.4, -0.2) is 58.4 Å². The van der Waals surface area contributed by atoms with E-state index in [1.54, 1.807) is 11.8 Å². The molecule has 0 aromatic heterocycles. The number of rotatable bonds is 4. The Labute approximate surface area is 118 Å². The molecule has 20 heavy (non-hydrogen) atoms. The zero-order valence-corrected chi connectivity index (χ0v) is 11.7. The van der Waals surface area contributed by atoms with Crippen LogP contribution >= 0.6 is 0 Å². The van der Waals surface area contributed by atoms with Crippen LogP contribution in [0.1, 0.15) is 32.6 Å². The summed E-state index contributed by atoms with van der Waals surface area (Å²) in [5, 5.41) is 8.96. The number of amides is 2. The first kappa shape index (κ1) is 14.6. The van der Waals surface area contributed by atoms with Gasteiger partial charge in [0, 0.05) is 18.7 Å². The van der Waals surface area contributed by atoms with Gasteiger partial charge in [0.1, 0.15) is 12.6 Å². The number of aliphatic carboxylic acids is 1. The van der Waals surface area contributed by atoms with Crippen LogP contribution in [0.15, 0.2) is 11.6 Å². The van der Waals surface area contributed by atoms with Crippen molar-refractivity contribution in [1.29, 1.82) is 0 Å². The number of carbonyl (C=O) groups excluding carboxylic acids is 2. The molecule has 110 valence electrons. The first-order valence-electron chi connectivity index (χ1n) is 7.05. The molecule has 6 heteroatoms. The molecule has 2 rings (SSSR count). The molecular weight excluding hydrogens is 260 g/mol. The summed E-state index contributed by atoms with van der Waals surface area (Å²) in [6.45, 7) is 2.67. The van der Waals surface area contributed by atoms with Gasteiger partial charge in [-0.3, -0.25) is 9.59 Å². The molecule has 0 aromatic carbocycles. The van der Waals surface area contributed by atoms with Crippen molar-refractivity contribution >= 4 is 17.8 Å². The molecule has 2 heterocycles. The lowest BCUT2D eigenvalue weighted by molar-refractivity contribution is -0.157. The van der Waals surface area contributed by atoms with E-state index in [1.165, 1.54) is 11.0 Å². The fourth-order valence-corrected chi connectivity index (χ4v) is 2.79. The summed E-state index contributed by atoms with van der Waals surface area (Å²) < 4.78 is 0. The molecule has 2 fully saturated rings. The van der Waals surface area contributed by atoms with Crippen LogP contribution in [-0.2, 0) is 14.4 Å². The van der Waals surface area contributed by atoms with E-state index < -0.39 is 5.97 Å². The van der Waals surface area contributed by atoms with E-state index in [9.17, 15) is 14.4 Å². The van der Waals surface area contributed by atoms with Crippen molar-refractivity contribution in [1.82, 2.24) is 9.80 Å². The Hall–Kier alpha value is -1.85. The highest BCUT2D eigenvalue weighted by atomic mass is 16.4. The molecule has 6 nitrogen and oxygen atoms in total. The molecule has 0 aromatic rings. The summed E-state index contributed by atoms with van der Waals surface area (Å²) in [6, 6.07) is -0.340. The Morgan fingerprint density at radius 3 is 2.80 bits per heavy atom. The fourth-order valence-electron chi connectivity index (χ4n) is 2.79.